The van der Waals surface area contributed by atoms with Crippen molar-refractivity contribution in [2.75, 3.05) is 18.1 Å². The Morgan fingerprint density at radius 2 is 1.84 bits per heavy atom. The maximum Gasteiger partial charge on any atom is 0.339 e. The van der Waals surface area contributed by atoms with Gasteiger partial charge in [0, 0.05) is 16.7 Å². The van der Waals surface area contributed by atoms with Gasteiger partial charge in [-0.25, -0.2) is 4.79 Å². The first kappa shape index (κ1) is 18.7. The first-order chi connectivity index (χ1) is 12.0. The summed E-state index contributed by atoms with van der Waals surface area (Å²) in [5, 5.41) is 8.81. The van der Waals surface area contributed by atoms with Crippen LogP contribution in [-0.4, -0.2) is 25.0 Å². The van der Waals surface area contributed by atoms with Crippen molar-refractivity contribution in [3.8, 4) is 6.07 Å². The summed E-state index contributed by atoms with van der Waals surface area (Å²) in [6.45, 7) is 1.80. The fourth-order valence-electron chi connectivity index (χ4n) is 2.19. The van der Waals surface area contributed by atoms with Gasteiger partial charge in [-0.15, -0.1) is 0 Å². The second-order valence-corrected chi connectivity index (χ2v) is 6.20. The Labute approximate surface area is 154 Å². The molecule has 25 heavy (non-hydrogen) atoms. The number of aryl methyl sites for hydroxylation is 1. The molecule has 0 spiro atoms. The molecule has 0 aromatic heterocycles. The van der Waals surface area contributed by atoms with Crippen LogP contribution in [0.15, 0.2) is 53.0 Å². The van der Waals surface area contributed by atoms with Gasteiger partial charge in [0.2, 0.25) is 0 Å². The van der Waals surface area contributed by atoms with Gasteiger partial charge in [0.1, 0.15) is 0 Å². The van der Waals surface area contributed by atoms with Gasteiger partial charge in [0.15, 0.2) is 6.61 Å². The lowest BCUT2D eigenvalue weighted by molar-refractivity contribution is -0.121. The Kier molecular flexibility index (Phi) is 6.72. The van der Waals surface area contributed by atoms with Crippen molar-refractivity contribution in [3.05, 3.63) is 64.1 Å². The molecule has 0 saturated carbocycles. The van der Waals surface area contributed by atoms with E-state index < -0.39 is 5.97 Å². The van der Waals surface area contributed by atoms with Crippen LogP contribution in [0.5, 0.6) is 0 Å². The molecule has 2 aromatic carbocycles. The molecule has 0 radical (unpaired) electrons. The van der Waals surface area contributed by atoms with Crippen molar-refractivity contribution in [3.63, 3.8) is 0 Å². The Hall–Kier alpha value is -2.65. The molecule has 0 unspecified atom stereocenters. The normalized spacial score (nSPS) is 9.96. The maximum absolute atomic E-state index is 12.5. The zero-order valence-electron chi connectivity index (χ0n) is 13.7. The average Bonchev–Trinajstić information content (AvgIpc) is 2.61. The molecule has 2 aromatic rings. The molecule has 5 nitrogen and oxygen atoms in total. The van der Waals surface area contributed by atoms with Gasteiger partial charge in [0.25, 0.3) is 5.91 Å². The summed E-state index contributed by atoms with van der Waals surface area (Å²) >= 11 is 3.28. The van der Waals surface area contributed by atoms with Crippen LogP contribution in [0.2, 0.25) is 0 Å². The zero-order valence-corrected chi connectivity index (χ0v) is 15.3. The van der Waals surface area contributed by atoms with Crippen molar-refractivity contribution in [2.24, 2.45) is 0 Å². The van der Waals surface area contributed by atoms with Gasteiger partial charge >= 0.3 is 5.97 Å². The minimum Gasteiger partial charge on any atom is -0.452 e. The number of esters is 1. The number of carbonyl (C=O) groups excluding carboxylic acids is 2. The highest BCUT2D eigenvalue weighted by Crippen LogP contribution is 2.18. The highest BCUT2D eigenvalue weighted by molar-refractivity contribution is 9.10. The highest BCUT2D eigenvalue weighted by atomic mass is 79.9. The number of halogens is 1. The molecular formula is C19H17BrN2O3. The van der Waals surface area contributed by atoms with Gasteiger partial charge in [-0.1, -0.05) is 29.8 Å². The smallest absolute Gasteiger partial charge is 0.339 e. The van der Waals surface area contributed by atoms with Crippen molar-refractivity contribution in [1.29, 1.82) is 5.26 Å². The number of hydrogen-bond donors (Lipinski definition) is 0. The number of carbonyl (C=O) groups is 2. The van der Waals surface area contributed by atoms with Crippen LogP contribution in [0.1, 0.15) is 22.3 Å². The second-order valence-electron chi connectivity index (χ2n) is 5.35. The number of hydrogen-bond acceptors (Lipinski definition) is 4. The average molecular weight is 401 g/mol. The van der Waals surface area contributed by atoms with Crippen LogP contribution in [-0.2, 0) is 9.53 Å². The molecule has 0 aliphatic carbocycles. The van der Waals surface area contributed by atoms with Gasteiger partial charge in [-0.3, -0.25) is 4.79 Å². The van der Waals surface area contributed by atoms with E-state index in [0.717, 1.165) is 5.56 Å². The van der Waals surface area contributed by atoms with Crippen LogP contribution in [0.4, 0.5) is 5.69 Å². The number of anilines is 1. The van der Waals surface area contributed by atoms with E-state index in [1.807, 2.05) is 25.1 Å². The SMILES string of the molecule is Cc1ccc(N(CCC#N)C(=O)COC(=O)c2ccccc2Br)cc1. The highest BCUT2D eigenvalue weighted by Gasteiger charge is 2.19. The van der Waals surface area contributed by atoms with Crippen LogP contribution < -0.4 is 4.90 Å². The van der Waals surface area contributed by atoms with E-state index in [0.29, 0.717) is 15.7 Å². The zero-order chi connectivity index (χ0) is 18.2. The number of benzene rings is 2. The van der Waals surface area contributed by atoms with Gasteiger partial charge in [-0.05, 0) is 47.1 Å². The molecule has 0 fully saturated rings. The lowest BCUT2D eigenvalue weighted by atomic mass is 10.2. The van der Waals surface area contributed by atoms with Crippen molar-refractivity contribution in [1.82, 2.24) is 0 Å². The Morgan fingerprint density at radius 1 is 1.16 bits per heavy atom. The van der Waals surface area contributed by atoms with E-state index in [4.69, 9.17) is 10.00 Å². The van der Waals surface area contributed by atoms with E-state index in [1.165, 1.54) is 4.90 Å². The summed E-state index contributed by atoms with van der Waals surface area (Å²) < 4.78 is 5.74. The molecule has 0 aliphatic heterocycles. The Morgan fingerprint density at radius 3 is 2.48 bits per heavy atom. The second kappa shape index (κ2) is 9.00. The van der Waals surface area contributed by atoms with Gasteiger partial charge in [0.05, 0.1) is 18.1 Å². The molecule has 0 saturated heterocycles. The lowest BCUT2D eigenvalue weighted by Gasteiger charge is -2.22. The molecule has 0 bridgehead atoms. The molecule has 0 atom stereocenters. The summed E-state index contributed by atoms with van der Waals surface area (Å²) in [5.41, 5.74) is 2.09. The summed E-state index contributed by atoms with van der Waals surface area (Å²) in [6, 6.07) is 16.2. The van der Waals surface area contributed by atoms with Gasteiger partial charge < -0.3 is 9.64 Å². The summed E-state index contributed by atoms with van der Waals surface area (Å²) in [5.74, 6) is -0.954. The molecule has 0 heterocycles. The number of ether oxygens (including phenoxy) is 1. The number of rotatable bonds is 6. The molecular weight excluding hydrogens is 384 g/mol. The topological polar surface area (TPSA) is 70.4 Å². The van der Waals surface area contributed by atoms with E-state index in [2.05, 4.69) is 15.9 Å². The van der Waals surface area contributed by atoms with Crippen LogP contribution in [0, 0.1) is 18.3 Å². The van der Waals surface area contributed by atoms with Gasteiger partial charge in [-0.2, -0.15) is 5.26 Å². The largest absolute Gasteiger partial charge is 0.452 e. The van der Waals surface area contributed by atoms with E-state index >= 15 is 0 Å². The third kappa shape index (κ3) is 5.16. The first-order valence-corrected chi connectivity index (χ1v) is 8.48. The fraction of sp³-hybridized carbons (Fsp3) is 0.211. The van der Waals surface area contributed by atoms with Crippen LogP contribution in [0.25, 0.3) is 0 Å². The molecule has 0 N–H and O–H groups in total. The number of nitrogens with zero attached hydrogens (tertiary/aromatic N) is 2. The lowest BCUT2D eigenvalue weighted by Crippen LogP contribution is -2.35. The van der Waals surface area contributed by atoms with Crippen LogP contribution >= 0.6 is 15.9 Å². The molecule has 6 heteroatoms. The Balaban J connectivity index is 2.07. The standard InChI is InChI=1S/C19H17BrN2O3/c1-14-7-9-15(10-8-14)22(12-4-11-21)18(23)13-25-19(24)16-5-2-3-6-17(16)20/h2-3,5-10H,4,12-13H2,1H3. The predicted molar refractivity (Wildman–Crippen MR) is 98.2 cm³/mol. The van der Waals surface area contributed by atoms with E-state index in [-0.39, 0.29) is 25.5 Å². The third-order valence-electron chi connectivity index (χ3n) is 3.51. The minimum atomic E-state index is -0.579. The third-order valence-corrected chi connectivity index (χ3v) is 4.21. The fourth-order valence-corrected chi connectivity index (χ4v) is 2.64. The number of nitriles is 1. The predicted octanol–water partition coefficient (Wildman–Crippen LogP) is 3.86. The Bertz CT molecular complexity index is 797. The molecule has 1 amide bonds. The molecule has 0 aliphatic rings. The summed E-state index contributed by atoms with van der Waals surface area (Å²) in [4.78, 5) is 26.0. The van der Waals surface area contributed by atoms with Crippen molar-refractivity contribution in [2.45, 2.75) is 13.3 Å². The number of amides is 1. The van der Waals surface area contributed by atoms with E-state index in [9.17, 15) is 9.59 Å². The quantitative estimate of drug-likeness (QED) is 0.690. The van der Waals surface area contributed by atoms with Crippen LogP contribution in [0.3, 0.4) is 0 Å². The van der Waals surface area contributed by atoms with E-state index in [1.54, 1.807) is 36.4 Å². The summed E-state index contributed by atoms with van der Waals surface area (Å²) in [7, 11) is 0. The monoisotopic (exact) mass is 400 g/mol. The minimum absolute atomic E-state index is 0.192. The molecule has 128 valence electrons. The van der Waals surface area contributed by atoms with Crippen molar-refractivity contribution < 1.29 is 14.3 Å². The summed E-state index contributed by atoms with van der Waals surface area (Å²) in [6.07, 6.45) is 0.192. The van der Waals surface area contributed by atoms with Crippen molar-refractivity contribution >= 4 is 33.5 Å². The first-order valence-electron chi connectivity index (χ1n) is 7.68. The molecule has 2 rings (SSSR count). The maximum atomic E-state index is 12.5.